The van der Waals surface area contributed by atoms with Crippen molar-refractivity contribution in [1.29, 1.82) is 0 Å². The van der Waals surface area contributed by atoms with Crippen LogP contribution in [0.2, 0.25) is 0 Å². The Hall–Kier alpha value is -3.80. The van der Waals surface area contributed by atoms with E-state index in [4.69, 9.17) is 4.74 Å². The molecular weight excluding hydrogens is 376 g/mol. The van der Waals surface area contributed by atoms with Gasteiger partial charge in [0.2, 0.25) is 0 Å². The third kappa shape index (κ3) is 4.78. The molecule has 152 valence electrons. The third-order valence-electron chi connectivity index (χ3n) is 4.74. The number of aromatic nitrogens is 2. The van der Waals surface area contributed by atoms with Crippen LogP contribution in [0.5, 0.6) is 5.75 Å². The van der Waals surface area contributed by atoms with Crippen molar-refractivity contribution in [3.63, 3.8) is 0 Å². The predicted molar refractivity (Wildman–Crippen MR) is 120 cm³/mol. The summed E-state index contributed by atoms with van der Waals surface area (Å²) in [6.45, 7) is 2.45. The number of carbonyl (C=O) groups is 1. The number of carbonyl (C=O) groups excluding carboxylic acids is 1. The molecule has 0 saturated heterocycles. The summed E-state index contributed by atoms with van der Waals surface area (Å²) in [7, 11) is 0. The smallest absolute Gasteiger partial charge is 0.323 e. The molecule has 2 amide bonds. The standard InChI is InChI=1S/C24H24N4O2/c1-2-30-22-10-6-5-9-21(22)28-24(29)25-18-14-11-17(12-15-18)13-16-23-26-19-7-3-4-8-20(19)27-23/h3-12,14-15H,2,13,16H2,1H3,(H,26,27)(H2,25,28,29). The molecule has 0 fully saturated rings. The maximum Gasteiger partial charge on any atom is 0.323 e. The number of anilines is 2. The van der Waals surface area contributed by atoms with Crippen LogP contribution >= 0.6 is 0 Å². The van der Waals surface area contributed by atoms with E-state index in [1.54, 1.807) is 0 Å². The fraction of sp³-hybridized carbons (Fsp3) is 0.167. The summed E-state index contributed by atoms with van der Waals surface area (Å²) >= 11 is 0. The van der Waals surface area contributed by atoms with Gasteiger partial charge in [-0.3, -0.25) is 0 Å². The Labute approximate surface area is 175 Å². The molecule has 0 atom stereocenters. The van der Waals surface area contributed by atoms with Gasteiger partial charge in [-0.15, -0.1) is 0 Å². The highest BCUT2D eigenvalue weighted by Crippen LogP contribution is 2.24. The minimum absolute atomic E-state index is 0.308. The fourth-order valence-electron chi connectivity index (χ4n) is 3.28. The molecule has 3 aromatic carbocycles. The number of ether oxygens (including phenoxy) is 1. The molecule has 0 spiro atoms. The van der Waals surface area contributed by atoms with Gasteiger partial charge in [0, 0.05) is 12.1 Å². The van der Waals surface area contributed by atoms with Gasteiger partial charge in [0.15, 0.2) is 0 Å². The van der Waals surface area contributed by atoms with Crippen LogP contribution in [0.1, 0.15) is 18.3 Å². The van der Waals surface area contributed by atoms with E-state index in [2.05, 4.69) is 20.6 Å². The average molecular weight is 400 g/mol. The molecule has 1 heterocycles. The Morgan fingerprint density at radius 1 is 0.933 bits per heavy atom. The number of nitrogens with one attached hydrogen (secondary N) is 3. The van der Waals surface area contributed by atoms with E-state index in [9.17, 15) is 4.79 Å². The second kappa shape index (κ2) is 9.13. The van der Waals surface area contributed by atoms with E-state index in [1.807, 2.05) is 79.7 Å². The first-order chi connectivity index (χ1) is 14.7. The Morgan fingerprint density at radius 2 is 1.70 bits per heavy atom. The molecule has 4 aromatic rings. The van der Waals surface area contributed by atoms with Crippen LogP contribution < -0.4 is 15.4 Å². The highest BCUT2D eigenvalue weighted by molar-refractivity contribution is 6.00. The van der Waals surface area contributed by atoms with Gasteiger partial charge in [0.1, 0.15) is 11.6 Å². The lowest BCUT2D eigenvalue weighted by Crippen LogP contribution is -2.19. The van der Waals surface area contributed by atoms with Gasteiger partial charge in [-0.2, -0.15) is 0 Å². The van der Waals surface area contributed by atoms with Crippen molar-refractivity contribution >= 4 is 28.4 Å². The molecule has 0 unspecified atom stereocenters. The van der Waals surface area contributed by atoms with Crippen LogP contribution in [0.3, 0.4) is 0 Å². The summed E-state index contributed by atoms with van der Waals surface area (Å²) in [6, 6.07) is 22.9. The predicted octanol–water partition coefficient (Wildman–Crippen LogP) is 5.39. The fourth-order valence-corrected chi connectivity index (χ4v) is 3.28. The first-order valence-electron chi connectivity index (χ1n) is 10.0. The minimum atomic E-state index is -0.308. The number of nitrogens with zero attached hydrogens (tertiary/aromatic N) is 1. The first-order valence-corrected chi connectivity index (χ1v) is 10.0. The molecular formula is C24H24N4O2. The molecule has 0 aliphatic carbocycles. The summed E-state index contributed by atoms with van der Waals surface area (Å²) in [5.74, 6) is 1.63. The Balaban J connectivity index is 1.32. The van der Waals surface area contributed by atoms with Crippen LogP contribution in [-0.2, 0) is 12.8 Å². The third-order valence-corrected chi connectivity index (χ3v) is 4.74. The van der Waals surface area contributed by atoms with Crippen LogP contribution in [0.15, 0.2) is 72.8 Å². The summed E-state index contributed by atoms with van der Waals surface area (Å²) in [4.78, 5) is 20.3. The minimum Gasteiger partial charge on any atom is -0.492 e. The maximum absolute atomic E-state index is 12.3. The number of imidazole rings is 1. The lowest BCUT2D eigenvalue weighted by atomic mass is 10.1. The van der Waals surface area contributed by atoms with E-state index < -0.39 is 0 Å². The largest absolute Gasteiger partial charge is 0.492 e. The van der Waals surface area contributed by atoms with Crippen molar-refractivity contribution in [3.05, 3.63) is 84.2 Å². The van der Waals surface area contributed by atoms with Crippen molar-refractivity contribution in [1.82, 2.24) is 9.97 Å². The summed E-state index contributed by atoms with van der Waals surface area (Å²) < 4.78 is 5.54. The van der Waals surface area contributed by atoms with Crippen LogP contribution in [-0.4, -0.2) is 22.6 Å². The van der Waals surface area contributed by atoms with Crippen molar-refractivity contribution < 1.29 is 9.53 Å². The number of aromatic amines is 1. The normalized spacial score (nSPS) is 10.7. The van der Waals surface area contributed by atoms with E-state index in [0.717, 1.165) is 35.4 Å². The number of fused-ring (bicyclic) bond motifs is 1. The molecule has 0 radical (unpaired) electrons. The lowest BCUT2D eigenvalue weighted by Gasteiger charge is -2.12. The van der Waals surface area contributed by atoms with E-state index >= 15 is 0 Å². The van der Waals surface area contributed by atoms with Gasteiger partial charge < -0.3 is 20.4 Å². The maximum atomic E-state index is 12.3. The molecule has 6 nitrogen and oxygen atoms in total. The van der Waals surface area contributed by atoms with Crippen molar-refractivity contribution in [2.24, 2.45) is 0 Å². The zero-order valence-corrected chi connectivity index (χ0v) is 16.8. The van der Waals surface area contributed by atoms with Crippen LogP contribution in [0.4, 0.5) is 16.2 Å². The van der Waals surface area contributed by atoms with Crippen molar-refractivity contribution in [2.75, 3.05) is 17.2 Å². The number of para-hydroxylation sites is 4. The Bertz CT molecular complexity index is 1100. The average Bonchev–Trinajstić information content (AvgIpc) is 3.18. The monoisotopic (exact) mass is 400 g/mol. The molecule has 0 aliphatic rings. The van der Waals surface area contributed by atoms with E-state index in [-0.39, 0.29) is 6.03 Å². The molecule has 4 rings (SSSR count). The second-order valence-electron chi connectivity index (χ2n) is 6.91. The number of urea groups is 1. The number of H-pyrrole nitrogens is 1. The quantitative estimate of drug-likeness (QED) is 0.389. The number of hydrogen-bond donors (Lipinski definition) is 3. The Morgan fingerprint density at radius 3 is 2.50 bits per heavy atom. The number of aryl methyl sites for hydroxylation is 2. The number of benzene rings is 3. The van der Waals surface area contributed by atoms with Gasteiger partial charge in [0.25, 0.3) is 0 Å². The number of hydrogen-bond acceptors (Lipinski definition) is 3. The number of rotatable bonds is 7. The zero-order chi connectivity index (χ0) is 20.8. The Kier molecular flexibility index (Phi) is 5.94. The van der Waals surface area contributed by atoms with Crippen LogP contribution in [0, 0.1) is 0 Å². The van der Waals surface area contributed by atoms with E-state index in [0.29, 0.717) is 18.0 Å². The van der Waals surface area contributed by atoms with Crippen molar-refractivity contribution in [2.45, 2.75) is 19.8 Å². The molecule has 30 heavy (non-hydrogen) atoms. The van der Waals surface area contributed by atoms with Gasteiger partial charge >= 0.3 is 6.03 Å². The zero-order valence-electron chi connectivity index (χ0n) is 16.8. The van der Waals surface area contributed by atoms with Gasteiger partial charge in [-0.25, -0.2) is 9.78 Å². The van der Waals surface area contributed by atoms with Crippen LogP contribution in [0.25, 0.3) is 11.0 Å². The molecule has 6 heteroatoms. The summed E-state index contributed by atoms with van der Waals surface area (Å²) in [6.07, 6.45) is 1.70. The summed E-state index contributed by atoms with van der Waals surface area (Å²) in [5.41, 5.74) is 4.60. The van der Waals surface area contributed by atoms with Gasteiger partial charge in [-0.05, 0) is 55.3 Å². The summed E-state index contributed by atoms with van der Waals surface area (Å²) in [5, 5.41) is 5.68. The first kappa shape index (κ1) is 19.5. The molecule has 3 N–H and O–H groups in total. The van der Waals surface area contributed by atoms with Gasteiger partial charge in [-0.1, -0.05) is 36.4 Å². The molecule has 0 aliphatic heterocycles. The van der Waals surface area contributed by atoms with Crippen molar-refractivity contribution in [3.8, 4) is 5.75 Å². The van der Waals surface area contributed by atoms with E-state index in [1.165, 1.54) is 5.56 Å². The highest BCUT2D eigenvalue weighted by atomic mass is 16.5. The molecule has 1 aromatic heterocycles. The lowest BCUT2D eigenvalue weighted by molar-refractivity contribution is 0.262. The highest BCUT2D eigenvalue weighted by Gasteiger charge is 2.08. The number of amides is 2. The molecule has 0 bridgehead atoms. The second-order valence-corrected chi connectivity index (χ2v) is 6.91. The SMILES string of the molecule is CCOc1ccccc1NC(=O)Nc1ccc(CCc2nc3ccccc3[nH]2)cc1. The van der Waals surface area contributed by atoms with Gasteiger partial charge in [0.05, 0.1) is 23.3 Å². The molecule has 0 saturated carbocycles. The topological polar surface area (TPSA) is 79.0 Å².